The van der Waals surface area contributed by atoms with E-state index in [1.807, 2.05) is 0 Å². The zero-order valence-corrected chi connectivity index (χ0v) is 7.96. The summed E-state index contributed by atoms with van der Waals surface area (Å²) >= 11 is 0. The van der Waals surface area contributed by atoms with Gasteiger partial charge in [0.05, 0.1) is 12.0 Å². The van der Waals surface area contributed by atoms with Crippen LogP contribution < -0.4 is 0 Å². The summed E-state index contributed by atoms with van der Waals surface area (Å²) in [7, 11) is 0. The normalized spacial score (nSPS) is 47.8. The Balaban J connectivity index is 2.44. The van der Waals surface area contributed by atoms with Crippen LogP contribution in [0.1, 0.15) is 27.2 Å². The molecule has 3 atom stereocenters. The number of hydrogen-bond donors (Lipinski definition) is 0. The third-order valence-corrected chi connectivity index (χ3v) is 4.22. The molecule has 0 radical (unpaired) electrons. The fourth-order valence-corrected chi connectivity index (χ4v) is 2.83. The van der Waals surface area contributed by atoms with Crippen molar-refractivity contribution >= 4 is 0 Å². The molecule has 0 aromatic carbocycles. The lowest BCUT2D eigenvalue weighted by Crippen LogP contribution is -2.27. The minimum atomic E-state index is 0.259. The lowest BCUT2D eigenvalue weighted by Gasteiger charge is -2.33. The SMILES string of the molecule is CC12C=CC(C(C#N)C1)C2(C)C. The summed E-state index contributed by atoms with van der Waals surface area (Å²) in [5.41, 5.74) is 0.575. The van der Waals surface area contributed by atoms with Crippen molar-refractivity contribution in [2.75, 3.05) is 0 Å². The Morgan fingerprint density at radius 2 is 2.08 bits per heavy atom. The molecule has 1 heteroatoms. The highest BCUT2D eigenvalue weighted by atomic mass is 14.6. The molecule has 1 fully saturated rings. The third kappa shape index (κ3) is 0.641. The smallest absolute Gasteiger partial charge is 0.0662 e. The molecule has 2 aliphatic carbocycles. The van der Waals surface area contributed by atoms with Crippen LogP contribution in [0.3, 0.4) is 0 Å². The Morgan fingerprint density at radius 1 is 1.42 bits per heavy atom. The molecule has 0 heterocycles. The lowest BCUT2D eigenvalue weighted by molar-refractivity contribution is 0.180. The number of rotatable bonds is 0. The van der Waals surface area contributed by atoms with Gasteiger partial charge in [-0.3, -0.25) is 0 Å². The van der Waals surface area contributed by atoms with Crippen molar-refractivity contribution < 1.29 is 0 Å². The number of nitrogens with zero attached hydrogens (tertiary/aromatic N) is 1. The predicted octanol–water partition coefficient (Wildman–Crippen LogP) is 2.75. The maximum Gasteiger partial charge on any atom is 0.0662 e. The predicted molar refractivity (Wildman–Crippen MR) is 48.2 cm³/mol. The van der Waals surface area contributed by atoms with Gasteiger partial charge in [0.2, 0.25) is 0 Å². The summed E-state index contributed by atoms with van der Waals surface area (Å²) in [4.78, 5) is 0. The van der Waals surface area contributed by atoms with E-state index in [1.54, 1.807) is 0 Å². The van der Waals surface area contributed by atoms with Crippen LogP contribution in [-0.2, 0) is 0 Å². The molecule has 0 aromatic rings. The molecular formula is C11H15N. The molecule has 0 aliphatic heterocycles. The van der Waals surface area contributed by atoms with E-state index in [0.717, 1.165) is 6.42 Å². The minimum Gasteiger partial charge on any atom is -0.198 e. The van der Waals surface area contributed by atoms with Gasteiger partial charge in [0.15, 0.2) is 0 Å². The fourth-order valence-electron chi connectivity index (χ4n) is 2.83. The molecule has 0 N–H and O–H groups in total. The molecule has 64 valence electrons. The van der Waals surface area contributed by atoms with Gasteiger partial charge in [0.25, 0.3) is 0 Å². The molecule has 1 nitrogen and oxygen atoms in total. The summed E-state index contributed by atoms with van der Waals surface area (Å²) in [6.45, 7) is 6.85. The number of hydrogen-bond acceptors (Lipinski definition) is 1. The molecule has 0 spiro atoms. The van der Waals surface area contributed by atoms with E-state index in [1.165, 1.54) is 0 Å². The van der Waals surface area contributed by atoms with Crippen LogP contribution in [0, 0.1) is 34.0 Å². The molecule has 0 aromatic heterocycles. The average molecular weight is 161 g/mol. The van der Waals surface area contributed by atoms with Crippen molar-refractivity contribution in [1.29, 1.82) is 5.26 Å². The monoisotopic (exact) mass is 161 g/mol. The maximum absolute atomic E-state index is 8.95. The summed E-state index contributed by atoms with van der Waals surface area (Å²) in [6.07, 6.45) is 5.61. The van der Waals surface area contributed by atoms with Gasteiger partial charge in [0.1, 0.15) is 0 Å². The van der Waals surface area contributed by atoms with Crippen molar-refractivity contribution in [3.8, 4) is 6.07 Å². The summed E-state index contributed by atoms with van der Waals surface area (Å²) in [6, 6.07) is 2.42. The highest BCUT2D eigenvalue weighted by molar-refractivity contribution is 5.27. The van der Waals surface area contributed by atoms with Crippen LogP contribution in [0.5, 0.6) is 0 Å². The van der Waals surface area contributed by atoms with Crippen molar-refractivity contribution in [1.82, 2.24) is 0 Å². The number of nitriles is 1. The second kappa shape index (κ2) is 1.93. The van der Waals surface area contributed by atoms with E-state index in [0.29, 0.717) is 11.3 Å². The van der Waals surface area contributed by atoms with Crippen molar-refractivity contribution in [2.45, 2.75) is 27.2 Å². The summed E-state index contributed by atoms with van der Waals surface area (Å²) < 4.78 is 0. The van der Waals surface area contributed by atoms with Gasteiger partial charge in [-0.05, 0) is 23.2 Å². The minimum absolute atomic E-state index is 0.259. The molecule has 2 aliphatic rings. The van der Waals surface area contributed by atoms with E-state index in [-0.39, 0.29) is 11.3 Å². The van der Waals surface area contributed by atoms with Gasteiger partial charge >= 0.3 is 0 Å². The molecule has 3 unspecified atom stereocenters. The van der Waals surface area contributed by atoms with Crippen LogP contribution >= 0.6 is 0 Å². The first-order valence-corrected chi connectivity index (χ1v) is 4.60. The van der Waals surface area contributed by atoms with Crippen LogP contribution in [0.15, 0.2) is 12.2 Å². The first-order valence-electron chi connectivity index (χ1n) is 4.60. The van der Waals surface area contributed by atoms with Gasteiger partial charge in [-0.2, -0.15) is 5.26 Å². The van der Waals surface area contributed by atoms with Gasteiger partial charge in [-0.25, -0.2) is 0 Å². The van der Waals surface area contributed by atoms with E-state index < -0.39 is 0 Å². The Labute approximate surface area is 74.1 Å². The van der Waals surface area contributed by atoms with Gasteiger partial charge in [0, 0.05) is 0 Å². The Hall–Kier alpha value is -0.770. The number of fused-ring (bicyclic) bond motifs is 2. The lowest BCUT2D eigenvalue weighted by atomic mass is 9.70. The summed E-state index contributed by atoms with van der Waals surface area (Å²) in [5, 5.41) is 8.95. The largest absolute Gasteiger partial charge is 0.198 e. The fraction of sp³-hybridized carbons (Fsp3) is 0.727. The second-order valence-electron chi connectivity index (χ2n) is 4.96. The Bertz CT molecular complexity index is 282. The molecule has 0 amide bonds. The maximum atomic E-state index is 8.95. The molecule has 12 heavy (non-hydrogen) atoms. The zero-order valence-electron chi connectivity index (χ0n) is 7.96. The van der Waals surface area contributed by atoms with Crippen molar-refractivity contribution in [3.05, 3.63) is 12.2 Å². The van der Waals surface area contributed by atoms with Crippen LogP contribution in [0.25, 0.3) is 0 Å². The van der Waals surface area contributed by atoms with E-state index in [9.17, 15) is 0 Å². The van der Waals surface area contributed by atoms with Crippen molar-refractivity contribution in [2.24, 2.45) is 22.7 Å². The highest BCUT2D eigenvalue weighted by Crippen LogP contribution is 2.63. The van der Waals surface area contributed by atoms with Crippen molar-refractivity contribution in [3.63, 3.8) is 0 Å². The molecule has 2 rings (SSSR count). The molecule has 1 saturated carbocycles. The Kier molecular flexibility index (Phi) is 1.27. The first kappa shape index (κ1) is 7.86. The van der Waals surface area contributed by atoms with Gasteiger partial charge in [-0.15, -0.1) is 0 Å². The highest BCUT2D eigenvalue weighted by Gasteiger charge is 2.57. The topological polar surface area (TPSA) is 23.8 Å². The number of allylic oxidation sites excluding steroid dienone is 2. The van der Waals surface area contributed by atoms with E-state index in [4.69, 9.17) is 5.26 Å². The van der Waals surface area contributed by atoms with Crippen LogP contribution in [-0.4, -0.2) is 0 Å². The average Bonchev–Trinajstić information content (AvgIpc) is 2.33. The van der Waals surface area contributed by atoms with Gasteiger partial charge < -0.3 is 0 Å². The first-order chi connectivity index (χ1) is 5.51. The molecule has 2 bridgehead atoms. The van der Waals surface area contributed by atoms with E-state index in [2.05, 4.69) is 39.0 Å². The van der Waals surface area contributed by atoms with Crippen LogP contribution in [0.4, 0.5) is 0 Å². The third-order valence-electron chi connectivity index (χ3n) is 4.22. The molecule has 0 saturated heterocycles. The Morgan fingerprint density at radius 3 is 2.33 bits per heavy atom. The second-order valence-corrected chi connectivity index (χ2v) is 4.96. The quantitative estimate of drug-likeness (QED) is 0.501. The zero-order chi connectivity index (χ0) is 8.98. The van der Waals surface area contributed by atoms with Gasteiger partial charge in [-0.1, -0.05) is 32.9 Å². The standard InChI is InChI=1S/C11H15N/c1-10(2)9-4-5-11(10,3)6-8(9)7-12/h4-5,8-9H,6H2,1-3H3. The summed E-state index contributed by atoms with van der Waals surface area (Å²) in [5.74, 6) is 0.752. The van der Waals surface area contributed by atoms with Crippen LogP contribution in [0.2, 0.25) is 0 Å². The van der Waals surface area contributed by atoms with E-state index >= 15 is 0 Å². The molecular weight excluding hydrogens is 146 g/mol.